The molecule has 112 valence electrons. The van der Waals surface area contributed by atoms with E-state index >= 15 is 0 Å². The van der Waals surface area contributed by atoms with Crippen molar-refractivity contribution in [3.63, 3.8) is 0 Å². The summed E-state index contributed by atoms with van der Waals surface area (Å²) >= 11 is 0. The Morgan fingerprint density at radius 2 is 1.37 bits per heavy atom. The van der Waals surface area contributed by atoms with Crippen LogP contribution in [0.2, 0.25) is 0 Å². The van der Waals surface area contributed by atoms with Crippen LogP contribution < -0.4 is 0 Å². The van der Waals surface area contributed by atoms with E-state index in [2.05, 4.69) is 9.47 Å². The van der Waals surface area contributed by atoms with Crippen LogP contribution >= 0.6 is 0 Å². The van der Waals surface area contributed by atoms with Crippen LogP contribution in [0.5, 0.6) is 0 Å². The van der Waals surface area contributed by atoms with Crippen molar-refractivity contribution in [2.75, 3.05) is 0 Å². The lowest BCUT2D eigenvalue weighted by Crippen LogP contribution is -2.58. The van der Waals surface area contributed by atoms with Gasteiger partial charge in [0.05, 0.1) is 0 Å². The average Bonchev–Trinajstić information content (AvgIpc) is 2.64. The average molecular weight is 308 g/mol. The zero-order chi connectivity index (χ0) is 15.5. The number of halogens is 10. The van der Waals surface area contributed by atoms with Crippen LogP contribution in [-0.2, 0) is 9.47 Å². The summed E-state index contributed by atoms with van der Waals surface area (Å²) in [6, 6.07) is 0. The fourth-order valence-electron chi connectivity index (χ4n) is 0.942. The van der Waals surface area contributed by atoms with Gasteiger partial charge in [0.1, 0.15) is 0 Å². The van der Waals surface area contributed by atoms with E-state index in [9.17, 15) is 43.9 Å². The van der Waals surface area contributed by atoms with E-state index < -0.39 is 35.9 Å². The first-order chi connectivity index (χ1) is 8.11. The fraction of sp³-hybridized carbons (Fsp3) is 0.714. The standard InChI is InChI=1S/C7H2F10O2/c1-2(8)3(9,10)18-4(11,6(13,14)15)5(12)7(16,17)19-5/h1H2. The van der Waals surface area contributed by atoms with E-state index in [0.717, 1.165) is 0 Å². The van der Waals surface area contributed by atoms with Crippen molar-refractivity contribution < 1.29 is 53.4 Å². The van der Waals surface area contributed by atoms with Crippen LogP contribution in [0.1, 0.15) is 0 Å². The normalized spacial score (nSPS) is 29.8. The van der Waals surface area contributed by atoms with E-state index in [1.807, 2.05) is 0 Å². The molecule has 12 heteroatoms. The Morgan fingerprint density at radius 3 is 1.58 bits per heavy atom. The molecule has 2 nitrogen and oxygen atoms in total. The molecule has 0 bridgehead atoms. The van der Waals surface area contributed by atoms with E-state index in [1.165, 1.54) is 0 Å². The molecule has 0 N–H and O–H groups in total. The van der Waals surface area contributed by atoms with Gasteiger partial charge in [-0.15, -0.1) is 0 Å². The van der Waals surface area contributed by atoms with Crippen LogP contribution in [0.25, 0.3) is 0 Å². The van der Waals surface area contributed by atoms with Crippen molar-refractivity contribution in [3.8, 4) is 0 Å². The molecule has 0 aromatic carbocycles. The number of hydrogen-bond donors (Lipinski definition) is 0. The quantitative estimate of drug-likeness (QED) is 0.585. The Balaban J connectivity index is 3.22. The van der Waals surface area contributed by atoms with Gasteiger partial charge < -0.3 is 0 Å². The topological polar surface area (TPSA) is 21.8 Å². The van der Waals surface area contributed by atoms with Gasteiger partial charge in [0.25, 0.3) is 0 Å². The summed E-state index contributed by atoms with van der Waals surface area (Å²) < 4.78 is 129. The second-order valence-electron chi connectivity index (χ2n) is 3.33. The highest BCUT2D eigenvalue weighted by Crippen LogP contribution is 2.65. The first kappa shape index (κ1) is 16.0. The number of hydrogen-bond acceptors (Lipinski definition) is 2. The maximum atomic E-state index is 13.2. The Morgan fingerprint density at radius 1 is 1.00 bits per heavy atom. The molecular weight excluding hydrogens is 306 g/mol. The number of ether oxygens (including phenoxy) is 2. The summed E-state index contributed by atoms with van der Waals surface area (Å²) in [5.74, 6) is -14.8. The van der Waals surface area contributed by atoms with Crippen molar-refractivity contribution in [3.05, 3.63) is 12.4 Å². The third-order valence-corrected chi connectivity index (χ3v) is 1.96. The van der Waals surface area contributed by atoms with Crippen LogP contribution in [0.15, 0.2) is 12.4 Å². The summed E-state index contributed by atoms with van der Waals surface area (Å²) in [6.07, 6.45) is -17.8. The third kappa shape index (κ3) is 2.16. The van der Waals surface area contributed by atoms with Gasteiger partial charge in [0.2, 0.25) is 0 Å². The summed E-state index contributed by atoms with van der Waals surface area (Å²) in [6.45, 7) is 1.81. The molecular formula is C7H2F10O2. The molecule has 0 aromatic rings. The highest BCUT2D eigenvalue weighted by Gasteiger charge is 2.95. The lowest BCUT2D eigenvalue weighted by atomic mass is 10.1. The highest BCUT2D eigenvalue weighted by molar-refractivity contribution is 5.10. The predicted molar refractivity (Wildman–Crippen MR) is 36.0 cm³/mol. The minimum atomic E-state index is -6.71. The summed E-state index contributed by atoms with van der Waals surface area (Å²) in [5.41, 5.74) is 0. The molecule has 1 aliphatic heterocycles. The van der Waals surface area contributed by atoms with E-state index in [0.29, 0.717) is 0 Å². The first-order valence-electron chi connectivity index (χ1n) is 4.06. The predicted octanol–water partition coefficient (Wildman–Crippen LogP) is 3.60. The van der Waals surface area contributed by atoms with Gasteiger partial charge in [-0.3, -0.25) is 9.47 Å². The number of alkyl halides is 9. The molecule has 0 aliphatic carbocycles. The zero-order valence-electron chi connectivity index (χ0n) is 8.30. The first-order valence-corrected chi connectivity index (χ1v) is 4.06. The fourth-order valence-corrected chi connectivity index (χ4v) is 0.942. The molecule has 0 aromatic heterocycles. The molecule has 0 spiro atoms. The second kappa shape index (κ2) is 3.75. The van der Waals surface area contributed by atoms with Crippen LogP contribution in [0.4, 0.5) is 43.9 Å². The molecule has 0 saturated carbocycles. The maximum absolute atomic E-state index is 13.2. The van der Waals surface area contributed by atoms with Crippen LogP contribution in [-0.4, -0.2) is 30.1 Å². The van der Waals surface area contributed by atoms with Crippen molar-refractivity contribution in [1.29, 1.82) is 0 Å². The van der Waals surface area contributed by atoms with E-state index in [1.54, 1.807) is 6.58 Å². The third-order valence-electron chi connectivity index (χ3n) is 1.96. The lowest BCUT2D eigenvalue weighted by Gasteiger charge is -2.30. The molecule has 0 radical (unpaired) electrons. The van der Waals surface area contributed by atoms with Gasteiger partial charge in [-0.2, -0.15) is 39.5 Å². The highest BCUT2D eigenvalue weighted by atomic mass is 19.4. The lowest BCUT2D eigenvalue weighted by molar-refractivity contribution is -0.435. The second-order valence-corrected chi connectivity index (χ2v) is 3.33. The van der Waals surface area contributed by atoms with Crippen molar-refractivity contribution >= 4 is 0 Å². The zero-order valence-corrected chi connectivity index (χ0v) is 8.30. The van der Waals surface area contributed by atoms with E-state index in [-0.39, 0.29) is 0 Å². The van der Waals surface area contributed by atoms with Gasteiger partial charge in [-0.1, -0.05) is 6.58 Å². The summed E-state index contributed by atoms with van der Waals surface area (Å²) in [5, 5.41) is 0. The van der Waals surface area contributed by atoms with Gasteiger partial charge in [-0.25, -0.2) is 4.39 Å². The molecule has 1 saturated heterocycles. The molecule has 0 amide bonds. The van der Waals surface area contributed by atoms with Crippen molar-refractivity contribution in [1.82, 2.24) is 0 Å². The van der Waals surface area contributed by atoms with Gasteiger partial charge >= 0.3 is 30.1 Å². The number of rotatable bonds is 4. The van der Waals surface area contributed by atoms with Gasteiger partial charge in [-0.05, 0) is 0 Å². The van der Waals surface area contributed by atoms with Crippen molar-refractivity contribution in [2.24, 2.45) is 0 Å². The van der Waals surface area contributed by atoms with Gasteiger partial charge in [0, 0.05) is 0 Å². The van der Waals surface area contributed by atoms with Crippen molar-refractivity contribution in [2.45, 2.75) is 30.1 Å². The van der Waals surface area contributed by atoms with Crippen LogP contribution in [0, 0.1) is 0 Å². The largest absolute Gasteiger partial charge is 0.455 e. The molecule has 1 fully saturated rings. The minimum Gasteiger partial charge on any atom is -0.265 e. The molecule has 1 aliphatic rings. The summed E-state index contributed by atoms with van der Waals surface area (Å²) in [4.78, 5) is 0. The number of epoxide rings is 1. The monoisotopic (exact) mass is 308 g/mol. The molecule has 19 heavy (non-hydrogen) atoms. The Kier molecular flexibility index (Phi) is 3.16. The molecule has 2 atom stereocenters. The summed E-state index contributed by atoms with van der Waals surface area (Å²) in [7, 11) is 0. The Bertz CT molecular complexity index is 403. The van der Waals surface area contributed by atoms with E-state index in [4.69, 9.17) is 0 Å². The van der Waals surface area contributed by atoms with Gasteiger partial charge in [0.15, 0.2) is 5.83 Å². The molecule has 1 rings (SSSR count). The van der Waals surface area contributed by atoms with Crippen LogP contribution in [0.3, 0.4) is 0 Å². The SMILES string of the molecule is C=C(F)C(F)(F)OC(F)(C(F)(F)F)C1(F)OC1(F)F. The molecule has 2 unspecified atom stereocenters. The smallest absolute Gasteiger partial charge is 0.265 e. The maximum Gasteiger partial charge on any atom is 0.455 e. The minimum absolute atomic E-state index is 1.81. The Labute approximate surface area is 97.1 Å². The molecule has 1 heterocycles. The Hall–Kier alpha value is -1.04.